The van der Waals surface area contributed by atoms with Crippen molar-refractivity contribution in [1.29, 1.82) is 0 Å². The van der Waals surface area contributed by atoms with E-state index in [-0.39, 0.29) is 40.9 Å². The first-order valence-electron chi connectivity index (χ1n) is 16.5. The fourth-order valence-corrected chi connectivity index (χ4v) is 7.70. The molecule has 0 radical (unpaired) electrons. The highest BCUT2D eigenvalue weighted by atomic mass is 16.7. The third-order valence-corrected chi connectivity index (χ3v) is 10.8. The van der Waals surface area contributed by atoms with Gasteiger partial charge in [-0.1, -0.05) is 81.6 Å². The van der Waals surface area contributed by atoms with Gasteiger partial charge in [-0.15, -0.1) is 0 Å². The average Bonchev–Trinajstić information content (AvgIpc) is 3.47. The fraction of sp³-hybridized carbons (Fsp3) is 0.472. The van der Waals surface area contributed by atoms with Gasteiger partial charge < -0.3 is 24.7 Å². The molecular weight excluding hydrogens is 565 g/mol. The Morgan fingerprint density at radius 3 is 2.44 bits per heavy atom. The second-order valence-corrected chi connectivity index (χ2v) is 13.9. The van der Waals surface area contributed by atoms with Gasteiger partial charge in [0.05, 0.1) is 18.1 Å². The molecule has 1 saturated heterocycles. The molecule has 2 amide bonds. The molecule has 5 aliphatic rings. The topological polar surface area (TPSA) is 98.8 Å². The summed E-state index contributed by atoms with van der Waals surface area (Å²) in [5.74, 6) is 1.47. The Bertz CT molecular complexity index is 1500. The zero-order valence-corrected chi connectivity index (χ0v) is 26.1. The number of carbonyl (C=O) groups excluding carboxylic acids is 2. The molecule has 9 heteroatoms. The molecule has 4 saturated carbocycles. The number of benzene rings is 2. The molecule has 8 rings (SSSR count). The van der Waals surface area contributed by atoms with E-state index in [0.29, 0.717) is 29.9 Å². The first kappa shape index (κ1) is 30.0. The summed E-state index contributed by atoms with van der Waals surface area (Å²) in [5, 5.41) is 6.30. The maximum atomic E-state index is 14.2. The van der Waals surface area contributed by atoms with E-state index in [9.17, 15) is 9.59 Å². The number of hydrogen-bond acceptors (Lipinski definition) is 6. The standard InChI is InChI=1S/C36H42BN3O5/c1-36(2)25-21-28(36)32-30(22-25)44-37(45-32)31(20-24-13-9-14-24)40-34(42)29(19-23-11-5-3-6-12-23)39-33(41)27-17-10-18-38-35(27)43-26-15-7-4-8-16-26/h3-8,10-12,15-18,24-25,28-32H,9,13-14,19-22H2,1-2H3,(H,39,41)(H,40,42)/t25-,28+,29-,30+,31-,32?/m0/s1. The smallest absolute Gasteiger partial charge is 0.438 e. The third-order valence-electron chi connectivity index (χ3n) is 10.8. The molecule has 1 aromatic heterocycles. The maximum absolute atomic E-state index is 14.2. The highest BCUT2D eigenvalue weighted by Crippen LogP contribution is 2.61. The number of nitrogens with zero attached hydrogens (tertiary/aromatic N) is 1. The predicted molar refractivity (Wildman–Crippen MR) is 172 cm³/mol. The minimum atomic E-state index is -0.830. The quantitative estimate of drug-likeness (QED) is 0.269. The molecule has 2 heterocycles. The zero-order valence-electron chi connectivity index (χ0n) is 26.1. The number of aromatic nitrogens is 1. The van der Waals surface area contributed by atoms with Gasteiger partial charge in [0.25, 0.3) is 5.91 Å². The summed E-state index contributed by atoms with van der Waals surface area (Å²) < 4.78 is 19.2. The van der Waals surface area contributed by atoms with Gasteiger partial charge in [0, 0.05) is 12.6 Å². The van der Waals surface area contributed by atoms with Crippen molar-refractivity contribution in [1.82, 2.24) is 15.6 Å². The number of amides is 2. The van der Waals surface area contributed by atoms with Crippen molar-refractivity contribution in [2.75, 3.05) is 0 Å². The van der Waals surface area contributed by atoms with Crippen molar-refractivity contribution in [2.24, 2.45) is 23.2 Å². The van der Waals surface area contributed by atoms with E-state index in [2.05, 4.69) is 29.5 Å². The average molecular weight is 608 g/mol. The minimum absolute atomic E-state index is 0.0734. The van der Waals surface area contributed by atoms with E-state index in [0.717, 1.165) is 31.2 Å². The van der Waals surface area contributed by atoms with Gasteiger partial charge >= 0.3 is 7.12 Å². The van der Waals surface area contributed by atoms with Crippen molar-refractivity contribution < 1.29 is 23.6 Å². The van der Waals surface area contributed by atoms with E-state index < -0.39 is 19.1 Å². The molecule has 2 aromatic carbocycles. The Balaban J connectivity index is 1.10. The van der Waals surface area contributed by atoms with Crippen LogP contribution in [0.4, 0.5) is 0 Å². The number of ether oxygens (including phenoxy) is 1. The van der Waals surface area contributed by atoms with Gasteiger partial charge in [-0.3, -0.25) is 9.59 Å². The molecule has 5 fully saturated rings. The van der Waals surface area contributed by atoms with Crippen LogP contribution in [0.15, 0.2) is 79.0 Å². The molecule has 6 atom stereocenters. The Labute approximate surface area is 265 Å². The molecule has 3 aromatic rings. The number of pyridine rings is 1. The van der Waals surface area contributed by atoms with Gasteiger partial charge in [-0.25, -0.2) is 4.98 Å². The lowest BCUT2D eigenvalue weighted by molar-refractivity contribution is -0.150. The molecule has 45 heavy (non-hydrogen) atoms. The van der Waals surface area contributed by atoms with Gasteiger partial charge in [-0.2, -0.15) is 0 Å². The monoisotopic (exact) mass is 607 g/mol. The molecule has 234 valence electrons. The van der Waals surface area contributed by atoms with Crippen LogP contribution in [0.25, 0.3) is 0 Å². The van der Waals surface area contributed by atoms with Crippen LogP contribution >= 0.6 is 0 Å². The molecule has 2 N–H and O–H groups in total. The van der Waals surface area contributed by atoms with Crippen LogP contribution in [0.3, 0.4) is 0 Å². The highest BCUT2D eigenvalue weighted by Gasteiger charge is 2.63. The Morgan fingerprint density at radius 2 is 1.73 bits per heavy atom. The molecule has 4 aliphatic carbocycles. The molecule has 2 bridgehead atoms. The van der Waals surface area contributed by atoms with E-state index >= 15 is 0 Å². The van der Waals surface area contributed by atoms with Gasteiger partial charge in [0.1, 0.15) is 17.4 Å². The zero-order chi connectivity index (χ0) is 31.0. The second kappa shape index (κ2) is 12.6. The van der Waals surface area contributed by atoms with Crippen LogP contribution in [0.2, 0.25) is 0 Å². The van der Waals surface area contributed by atoms with Crippen molar-refractivity contribution in [3.05, 3.63) is 90.1 Å². The normalized spacial score (nSPS) is 26.0. The van der Waals surface area contributed by atoms with Gasteiger partial charge in [0.15, 0.2) is 0 Å². The molecule has 0 spiro atoms. The van der Waals surface area contributed by atoms with Crippen molar-refractivity contribution in [3.63, 3.8) is 0 Å². The van der Waals surface area contributed by atoms with Crippen LogP contribution in [0.5, 0.6) is 11.6 Å². The van der Waals surface area contributed by atoms with Gasteiger partial charge in [0.2, 0.25) is 11.8 Å². The lowest BCUT2D eigenvalue weighted by Gasteiger charge is -2.60. The molecule has 1 aliphatic heterocycles. The lowest BCUT2D eigenvalue weighted by atomic mass is 9.47. The van der Waals surface area contributed by atoms with Crippen molar-refractivity contribution in [2.45, 2.75) is 83.0 Å². The largest absolute Gasteiger partial charge is 0.481 e. The summed E-state index contributed by atoms with van der Waals surface area (Å²) in [6.45, 7) is 4.70. The summed E-state index contributed by atoms with van der Waals surface area (Å²) in [5.41, 5.74) is 1.47. The maximum Gasteiger partial charge on any atom is 0.481 e. The van der Waals surface area contributed by atoms with Crippen molar-refractivity contribution in [3.8, 4) is 11.6 Å². The Kier molecular flexibility index (Phi) is 8.40. The summed E-state index contributed by atoms with van der Waals surface area (Å²) in [6, 6.07) is 21.5. The van der Waals surface area contributed by atoms with Crippen LogP contribution in [0.1, 0.15) is 68.3 Å². The second-order valence-electron chi connectivity index (χ2n) is 13.9. The van der Waals surface area contributed by atoms with Crippen LogP contribution in [-0.2, 0) is 20.5 Å². The van der Waals surface area contributed by atoms with Gasteiger partial charge in [-0.05, 0) is 72.3 Å². The van der Waals surface area contributed by atoms with Crippen LogP contribution in [-0.4, -0.2) is 48.1 Å². The highest BCUT2D eigenvalue weighted by molar-refractivity contribution is 6.47. The van der Waals surface area contributed by atoms with E-state index in [1.54, 1.807) is 30.5 Å². The van der Waals surface area contributed by atoms with Crippen LogP contribution < -0.4 is 15.4 Å². The number of carbonyl (C=O) groups is 2. The van der Waals surface area contributed by atoms with Crippen LogP contribution in [0, 0.1) is 23.2 Å². The Hall–Kier alpha value is -3.69. The number of hydrogen-bond donors (Lipinski definition) is 2. The first-order valence-corrected chi connectivity index (χ1v) is 16.5. The summed E-state index contributed by atoms with van der Waals surface area (Å²) in [7, 11) is -0.489. The first-order chi connectivity index (χ1) is 21.8. The van der Waals surface area contributed by atoms with Crippen molar-refractivity contribution >= 4 is 18.9 Å². The SMILES string of the molecule is CC1(C)[C@H]2C[C@@H]1C1OB([C@H](CC3CCC3)NC(=O)[C@H](Cc3ccccc3)NC(=O)c3cccnc3Oc3ccccc3)O[C@@H]1C2. The van der Waals surface area contributed by atoms with E-state index in [4.69, 9.17) is 14.0 Å². The molecule has 8 nitrogen and oxygen atoms in total. The fourth-order valence-electron chi connectivity index (χ4n) is 7.70. The molecule has 1 unspecified atom stereocenters. The number of nitrogens with one attached hydrogen (secondary N) is 2. The number of rotatable bonds is 11. The third kappa shape index (κ3) is 6.25. The Morgan fingerprint density at radius 1 is 0.978 bits per heavy atom. The summed E-state index contributed by atoms with van der Waals surface area (Å²) >= 11 is 0. The van der Waals surface area contributed by atoms with E-state index in [1.807, 2.05) is 48.5 Å². The summed E-state index contributed by atoms with van der Waals surface area (Å²) in [6.07, 6.45) is 8.60. The predicted octanol–water partition coefficient (Wildman–Crippen LogP) is 5.77. The lowest BCUT2D eigenvalue weighted by Crippen LogP contribution is -2.59. The summed E-state index contributed by atoms with van der Waals surface area (Å²) in [4.78, 5) is 32.2. The number of para-hydroxylation sites is 1. The molecular formula is C36H42BN3O5. The minimum Gasteiger partial charge on any atom is -0.438 e. The van der Waals surface area contributed by atoms with E-state index in [1.165, 1.54) is 12.8 Å².